The molecule has 6 heteroatoms. The van der Waals surface area contributed by atoms with Gasteiger partial charge in [-0.2, -0.15) is 0 Å². The highest BCUT2D eigenvalue weighted by atomic mass is 79.9. The van der Waals surface area contributed by atoms with Crippen LogP contribution < -0.4 is 10.6 Å². The summed E-state index contributed by atoms with van der Waals surface area (Å²) in [6, 6.07) is 12.5. The molecule has 5 nitrogen and oxygen atoms in total. The Morgan fingerprint density at radius 2 is 1.91 bits per heavy atom. The molecule has 0 aliphatic heterocycles. The molecular formula is C17H17BrN2O3. The highest BCUT2D eigenvalue weighted by Crippen LogP contribution is 2.20. The van der Waals surface area contributed by atoms with Gasteiger partial charge in [0.25, 0.3) is 0 Å². The Morgan fingerprint density at radius 1 is 1.17 bits per heavy atom. The number of carbonyl (C=O) groups excluding carboxylic acids is 2. The molecule has 23 heavy (non-hydrogen) atoms. The van der Waals surface area contributed by atoms with Crippen LogP contribution in [0.25, 0.3) is 0 Å². The Hall–Kier alpha value is -2.34. The van der Waals surface area contributed by atoms with Crippen LogP contribution in [-0.2, 0) is 9.53 Å². The van der Waals surface area contributed by atoms with Crippen molar-refractivity contribution in [2.45, 2.75) is 6.92 Å². The summed E-state index contributed by atoms with van der Waals surface area (Å²) in [4.78, 5) is 23.7. The zero-order valence-corrected chi connectivity index (χ0v) is 14.4. The second-order valence-corrected chi connectivity index (χ2v) is 5.76. The van der Waals surface area contributed by atoms with Gasteiger partial charge in [0.2, 0.25) is 5.91 Å². The molecule has 0 fully saturated rings. The van der Waals surface area contributed by atoms with E-state index in [1.807, 2.05) is 25.1 Å². The predicted molar refractivity (Wildman–Crippen MR) is 93.8 cm³/mol. The Balaban J connectivity index is 1.99. The fraction of sp³-hybridized carbons (Fsp3) is 0.176. The Bertz CT molecular complexity index is 732. The van der Waals surface area contributed by atoms with Gasteiger partial charge in [-0.15, -0.1) is 0 Å². The van der Waals surface area contributed by atoms with Gasteiger partial charge in [-0.25, -0.2) is 4.79 Å². The molecule has 120 valence electrons. The van der Waals surface area contributed by atoms with Gasteiger partial charge in [0, 0.05) is 15.8 Å². The van der Waals surface area contributed by atoms with E-state index >= 15 is 0 Å². The van der Waals surface area contributed by atoms with Gasteiger partial charge < -0.3 is 15.4 Å². The number of hydrogen-bond acceptors (Lipinski definition) is 4. The zero-order chi connectivity index (χ0) is 16.8. The average molecular weight is 377 g/mol. The molecule has 0 radical (unpaired) electrons. The topological polar surface area (TPSA) is 67.4 Å². The zero-order valence-electron chi connectivity index (χ0n) is 12.9. The van der Waals surface area contributed by atoms with E-state index in [-0.39, 0.29) is 12.5 Å². The van der Waals surface area contributed by atoms with Gasteiger partial charge in [-0.3, -0.25) is 4.79 Å². The molecule has 0 atom stereocenters. The van der Waals surface area contributed by atoms with Gasteiger partial charge in [0.1, 0.15) is 0 Å². The number of carbonyl (C=O) groups is 2. The molecule has 0 saturated carbocycles. The summed E-state index contributed by atoms with van der Waals surface area (Å²) in [7, 11) is 1.32. The Morgan fingerprint density at radius 3 is 2.61 bits per heavy atom. The lowest BCUT2D eigenvalue weighted by Crippen LogP contribution is -2.22. The van der Waals surface area contributed by atoms with Crippen LogP contribution >= 0.6 is 15.9 Å². The van der Waals surface area contributed by atoms with E-state index in [1.165, 1.54) is 7.11 Å². The Kier molecular flexibility index (Phi) is 5.76. The number of halogens is 1. The summed E-state index contributed by atoms with van der Waals surface area (Å²) in [6.07, 6.45) is 0. The van der Waals surface area contributed by atoms with Crippen molar-refractivity contribution >= 4 is 39.2 Å². The fourth-order valence-electron chi connectivity index (χ4n) is 2.03. The van der Waals surface area contributed by atoms with Crippen LogP contribution in [0.15, 0.2) is 46.9 Å². The van der Waals surface area contributed by atoms with Crippen LogP contribution in [0.1, 0.15) is 15.9 Å². The molecule has 0 saturated heterocycles. The number of anilines is 2. The number of nitrogens with one attached hydrogen (secondary N) is 2. The number of hydrogen-bond donors (Lipinski definition) is 2. The summed E-state index contributed by atoms with van der Waals surface area (Å²) >= 11 is 3.42. The van der Waals surface area contributed by atoms with Gasteiger partial charge >= 0.3 is 5.97 Å². The largest absolute Gasteiger partial charge is 0.465 e. The third-order valence-corrected chi connectivity index (χ3v) is 4.10. The van der Waals surface area contributed by atoms with Crippen LogP contribution in [0, 0.1) is 6.92 Å². The fourth-order valence-corrected chi connectivity index (χ4v) is 2.27. The maximum Gasteiger partial charge on any atom is 0.339 e. The average Bonchev–Trinajstić information content (AvgIpc) is 2.56. The molecule has 0 aliphatic rings. The van der Waals surface area contributed by atoms with Crippen molar-refractivity contribution in [2.24, 2.45) is 0 Å². The van der Waals surface area contributed by atoms with E-state index < -0.39 is 5.97 Å². The predicted octanol–water partition coefficient (Wildman–Crippen LogP) is 3.59. The molecule has 0 aliphatic carbocycles. The number of methoxy groups -OCH3 is 1. The van der Waals surface area contributed by atoms with E-state index in [1.54, 1.807) is 24.3 Å². The molecule has 1 amide bonds. The van der Waals surface area contributed by atoms with E-state index in [0.29, 0.717) is 11.3 Å². The maximum atomic E-state index is 12.0. The molecule has 2 N–H and O–H groups in total. The van der Waals surface area contributed by atoms with Crippen LogP contribution in [0.3, 0.4) is 0 Å². The number of benzene rings is 2. The monoisotopic (exact) mass is 376 g/mol. The molecule has 2 aromatic rings. The van der Waals surface area contributed by atoms with E-state index in [2.05, 4.69) is 26.6 Å². The number of ether oxygens (including phenoxy) is 1. The number of rotatable bonds is 5. The normalized spacial score (nSPS) is 10.0. The lowest BCUT2D eigenvalue weighted by atomic mass is 10.2. The Labute approximate surface area is 143 Å². The summed E-state index contributed by atoms with van der Waals surface area (Å²) in [5.74, 6) is -0.650. The minimum absolute atomic E-state index is 0.0448. The third-order valence-electron chi connectivity index (χ3n) is 3.21. The molecule has 2 aromatic carbocycles. The highest BCUT2D eigenvalue weighted by molar-refractivity contribution is 9.10. The molecule has 0 aromatic heterocycles. The first-order valence-electron chi connectivity index (χ1n) is 6.98. The molecule has 0 unspecified atom stereocenters. The number of amides is 1. The first-order valence-corrected chi connectivity index (χ1v) is 7.78. The number of para-hydroxylation sites is 1. The first-order chi connectivity index (χ1) is 11.0. The van der Waals surface area contributed by atoms with Crippen molar-refractivity contribution in [1.82, 2.24) is 0 Å². The second kappa shape index (κ2) is 7.78. The number of aryl methyl sites for hydroxylation is 1. The minimum atomic E-state index is -0.447. The van der Waals surface area contributed by atoms with E-state index in [0.717, 1.165) is 15.7 Å². The second-order valence-electron chi connectivity index (χ2n) is 4.90. The SMILES string of the molecule is COC(=O)c1ccccc1NCC(=O)Nc1ccc(Br)c(C)c1. The number of esters is 1. The van der Waals surface area contributed by atoms with Crippen molar-refractivity contribution in [3.8, 4) is 0 Å². The van der Waals surface area contributed by atoms with Crippen LogP contribution in [-0.4, -0.2) is 25.5 Å². The lowest BCUT2D eigenvalue weighted by Gasteiger charge is -2.11. The van der Waals surface area contributed by atoms with Crippen molar-refractivity contribution in [3.63, 3.8) is 0 Å². The van der Waals surface area contributed by atoms with Crippen LogP contribution in [0.5, 0.6) is 0 Å². The van der Waals surface area contributed by atoms with E-state index in [9.17, 15) is 9.59 Å². The van der Waals surface area contributed by atoms with Crippen molar-refractivity contribution in [2.75, 3.05) is 24.3 Å². The van der Waals surface area contributed by atoms with Gasteiger partial charge in [-0.1, -0.05) is 28.1 Å². The standard InChI is InChI=1S/C17H17BrN2O3/c1-11-9-12(7-8-14(11)18)20-16(21)10-19-15-6-4-3-5-13(15)17(22)23-2/h3-9,19H,10H2,1-2H3,(H,20,21). The van der Waals surface area contributed by atoms with Gasteiger partial charge in [0.15, 0.2) is 0 Å². The third kappa shape index (κ3) is 4.56. The van der Waals surface area contributed by atoms with Crippen LogP contribution in [0.4, 0.5) is 11.4 Å². The molecule has 0 bridgehead atoms. The van der Waals surface area contributed by atoms with Crippen LogP contribution in [0.2, 0.25) is 0 Å². The molecule has 0 heterocycles. The van der Waals surface area contributed by atoms with E-state index in [4.69, 9.17) is 4.74 Å². The summed E-state index contributed by atoms with van der Waals surface area (Å²) in [6.45, 7) is 1.99. The molecule has 0 spiro atoms. The smallest absolute Gasteiger partial charge is 0.339 e. The maximum absolute atomic E-state index is 12.0. The quantitative estimate of drug-likeness (QED) is 0.782. The highest BCUT2D eigenvalue weighted by Gasteiger charge is 2.11. The first kappa shape index (κ1) is 17.0. The van der Waals surface area contributed by atoms with Gasteiger partial charge in [0.05, 0.1) is 19.2 Å². The van der Waals surface area contributed by atoms with Crippen molar-refractivity contribution in [3.05, 3.63) is 58.1 Å². The van der Waals surface area contributed by atoms with Gasteiger partial charge in [-0.05, 0) is 42.8 Å². The summed E-state index contributed by atoms with van der Waals surface area (Å²) in [5.41, 5.74) is 2.70. The summed E-state index contributed by atoms with van der Waals surface area (Å²) in [5, 5.41) is 5.76. The minimum Gasteiger partial charge on any atom is -0.465 e. The molecule has 2 rings (SSSR count). The molecular weight excluding hydrogens is 360 g/mol. The lowest BCUT2D eigenvalue weighted by molar-refractivity contribution is -0.114. The van der Waals surface area contributed by atoms with Crippen molar-refractivity contribution in [1.29, 1.82) is 0 Å². The summed E-state index contributed by atoms with van der Waals surface area (Å²) < 4.78 is 5.71. The van der Waals surface area contributed by atoms with Crippen molar-refractivity contribution < 1.29 is 14.3 Å².